The summed E-state index contributed by atoms with van der Waals surface area (Å²) in [5.74, 6) is 0.312. The second-order valence-electron chi connectivity index (χ2n) is 4.13. The van der Waals surface area contributed by atoms with Gasteiger partial charge in [0.25, 0.3) is 6.43 Å². The lowest BCUT2D eigenvalue weighted by Gasteiger charge is -2.33. The van der Waals surface area contributed by atoms with Gasteiger partial charge in [-0.05, 0) is 20.5 Å². The van der Waals surface area contributed by atoms with Gasteiger partial charge in [-0.15, -0.1) is 0 Å². The predicted octanol–water partition coefficient (Wildman–Crippen LogP) is 0.808. The van der Waals surface area contributed by atoms with Crippen molar-refractivity contribution in [2.45, 2.75) is 18.9 Å². The van der Waals surface area contributed by atoms with Crippen LogP contribution in [0.5, 0.6) is 0 Å². The minimum absolute atomic E-state index is 0.160. The molecule has 5 heteroatoms. The van der Waals surface area contributed by atoms with E-state index in [2.05, 4.69) is 5.32 Å². The maximum absolute atomic E-state index is 12.1. The van der Waals surface area contributed by atoms with Crippen LogP contribution in [0.2, 0.25) is 0 Å². The van der Waals surface area contributed by atoms with Crippen LogP contribution in [0.4, 0.5) is 8.78 Å². The number of rotatable bonds is 5. The molecule has 0 aromatic carbocycles. The third-order valence-electron chi connectivity index (χ3n) is 2.84. The summed E-state index contributed by atoms with van der Waals surface area (Å²) in [5, 5.41) is 3.22. The van der Waals surface area contributed by atoms with Crippen molar-refractivity contribution in [3.05, 3.63) is 0 Å². The van der Waals surface area contributed by atoms with E-state index in [0.717, 1.165) is 13.0 Å². The molecule has 0 amide bonds. The van der Waals surface area contributed by atoms with Gasteiger partial charge in [0.1, 0.15) is 0 Å². The number of nitrogens with zero attached hydrogens (tertiary/aromatic N) is 1. The average molecular weight is 222 g/mol. The quantitative estimate of drug-likeness (QED) is 0.745. The lowest BCUT2D eigenvalue weighted by Crippen LogP contribution is -2.46. The van der Waals surface area contributed by atoms with Crippen LogP contribution < -0.4 is 5.32 Å². The van der Waals surface area contributed by atoms with Crippen molar-refractivity contribution in [1.29, 1.82) is 0 Å². The molecule has 1 aliphatic rings. The molecule has 1 heterocycles. The highest BCUT2D eigenvalue weighted by Gasteiger charge is 2.25. The first-order valence-electron chi connectivity index (χ1n) is 5.35. The zero-order chi connectivity index (χ0) is 11.3. The Kier molecular flexibility index (Phi) is 5.42. The molecule has 1 saturated heterocycles. The van der Waals surface area contributed by atoms with Crippen LogP contribution in [0.25, 0.3) is 0 Å². The Labute approximate surface area is 89.8 Å². The molecule has 2 unspecified atom stereocenters. The van der Waals surface area contributed by atoms with Crippen LogP contribution in [0.15, 0.2) is 0 Å². The summed E-state index contributed by atoms with van der Waals surface area (Å²) in [6.07, 6.45) is -1.29. The molecule has 0 radical (unpaired) electrons. The summed E-state index contributed by atoms with van der Waals surface area (Å²) in [5.41, 5.74) is 0. The first kappa shape index (κ1) is 12.8. The fourth-order valence-electron chi connectivity index (χ4n) is 2.07. The molecule has 90 valence electrons. The maximum Gasteiger partial charge on any atom is 0.251 e. The molecule has 15 heavy (non-hydrogen) atoms. The Morgan fingerprint density at radius 3 is 2.87 bits per heavy atom. The molecule has 3 nitrogen and oxygen atoms in total. The highest BCUT2D eigenvalue weighted by Crippen LogP contribution is 2.15. The Hall–Kier alpha value is -0.260. The van der Waals surface area contributed by atoms with Crippen molar-refractivity contribution in [3.63, 3.8) is 0 Å². The largest absolute Gasteiger partial charge is 0.381 e. The lowest BCUT2D eigenvalue weighted by molar-refractivity contribution is 0.0128. The highest BCUT2D eigenvalue weighted by atomic mass is 19.3. The van der Waals surface area contributed by atoms with Gasteiger partial charge in [0.15, 0.2) is 0 Å². The van der Waals surface area contributed by atoms with Gasteiger partial charge in [0, 0.05) is 25.1 Å². The van der Waals surface area contributed by atoms with E-state index in [-0.39, 0.29) is 6.54 Å². The van der Waals surface area contributed by atoms with Crippen molar-refractivity contribution >= 4 is 0 Å². The fraction of sp³-hybridized carbons (Fsp3) is 1.00. The third kappa shape index (κ3) is 4.40. The SMILES string of the molecule is CNC1CCOCC1CN(C)CC(F)F. The summed E-state index contributed by atoms with van der Waals surface area (Å²) in [7, 11) is 3.64. The van der Waals surface area contributed by atoms with E-state index >= 15 is 0 Å². The Morgan fingerprint density at radius 1 is 1.53 bits per heavy atom. The molecule has 1 rings (SSSR count). The van der Waals surface area contributed by atoms with E-state index in [0.29, 0.717) is 25.1 Å². The standard InChI is InChI=1S/C10H20F2N2O/c1-13-9-3-4-15-7-8(9)5-14(2)6-10(11)12/h8-10,13H,3-7H2,1-2H3. The molecule has 2 atom stereocenters. The first-order valence-corrected chi connectivity index (χ1v) is 5.35. The molecule has 0 spiro atoms. The van der Waals surface area contributed by atoms with Gasteiger partial charge < -0.3 is 15.0 Å². The highest BCUT2D eigenvalue weighted by molar-refractivity contribution is 4.80. The van der Waals surface area contributed by atoms with E-state index < -0.39 is 6.43 Å². The van der Waals surface area contributed by atoms with Gasteiger partial charge in [-0.25, -0.2) is 8.78 Å². The first-order chi connectivity index (χ1) is 7.13. The third-order valence-corrected chi connectivity index (χ3v) is 2.84. The van der Waals surface area contributed by atoms with Gasteiger partial charge in [0.2, 0.25) is 0 Å². The van der Waals surface area contributed by atoms with Crippen LogP contribution in [0.1, 0.15) is 6.42 Å². The van der Waals surface area contributed by atoms with Gasteiger partial charge in [-0.2, -0.15) is 0 Å². The van der Waals surface area contributed by atoms with Crippen LogP contribution in [0, 0.1) is 5.92 Å². The Balaban J connectivity index is 2.33. The van der Waals surface area contributed by atoms with E-state index in [4.69, 9.17) is 4.74 Å². The van der Waals surface area contributed by atoms with Gasteiger partial charge >= 0.3 is 0 Å². The molecule has 0 bridgehead atoms. The summed E-state index contributed by atoms with van der Waals surface area (Å²) >= 11 is 0. The molecule has 0 saturated carbocycles. The van der Waals surface area contributed by atoms with E-state index in [9.17, 15) is 8.78 Å². The summed E-state index contributed by atoms with van der Waals surface area (Å²) < 4.78 is 29.6. The molecule has 0 aromatic heterocycles. The lowest BCUT2D eigenvalue weighted by atomic mass is 9.95. The van der Waals surface area contributed by atoms with Crippen LogP contribution >= 0.6 is 0 Å². The molecule has 1 fully saturated rings. The smallest absolute Gasteiger partial charge is 0.251 e. The Bertz CT molecular complexity index is 181. The van der Waals surface area contributed by atoms with E-state index in [1.807, 2.05) is 7.05 Å². The van der Waals surface area contributed by atoms with Crippen molar-refractivity contribution in [3.8, 4) is 0 Å². The molecule has 1 aliphatic heterocycles. The van der Waals surface area contributed by atoms with E-state index in [1.54, 1.807) is 11.9 Å². The monoisotopic (exact) mass is 222 g/mol. The molecule has 1 N–H and O–H groups in total. The number of nitrogens with one attached hydrogen (secondary N) is 1. The Morgan fingerprint density at radius 2 is 2.27 bits per heavy atom. The molecule has 0 aromatic rings. The molecular formula is C10H20F2N2O. The molecular weight excluding hydrogens is 202 g/mol. The topological polar surface area (TPSA) is 24.5 Å². The fourth-order valence-corrected chi connectivity index (χ4v) is 2.07. The normalized spacial score (nSPS) is 27.6. The molecule has 0 aliphatic carbocycles. The minimum atomic E-state index is -2.26. The maximum atomic E-state index is 12.1. The second-order valence-corrected chi connectivity index (χ2v) is 4.13. The zero-order valence-electron chi connectivity index (χ0n) is 9.38. The van der Waals surface area contributed by atoms with Gasteiger partial charge in [0.05, 0.1) is 13.2 Å². The van der Waals surface area contributed by atoms with E-state index in [1.165, 1.54) is 0 Å². The van der Waals surface area contributed by atoms with Gasteiger partial charge in [-0.3, -0.25) is 0 Å². The summed E-state index contributed by atoms with van der Waals surface area (Å²) in [6, 6.07) is 0.388. The number of alkyl halides is 2. The van der Waals surface area contributed by atoms with Crippen molar-refractivity contribution in [2.24, 2.45) is 5.92 Å². The number of halogens is 2. The predicted molar refractivity (Wildman–Crippen MR) is 55.3 cm³/mol. The van der Waals surface area contributed by atoms with Crippen LogP contribution in [-0.2, 0) is 4.74 Å². The van der Waals surface area contributed by atoms with Crippen molar-refractivity contribution in [1.82, 2.24) is 10.2 Å². The number of hydrogen-bond donors (Lipinski definition) is 1. The van der Waals surface area contributed by atoms with Crippen LogP contribution in [-0.4, -0.2) is 57.8 Å². The second kappa shape index (κ2) is 6.35. The summed E-state index contributed by atoms with van der Waals surface area (Å²) in [4.78, 5) is 1.67. The van der Waals surface area contributed by atoms with Gasteiger partial charge in [-0.1, -0.05) is 0 Å². The van der Waals surface area contributed by atoms with Crippen molar-refractivity contribution in [2.75, 3.05) is 40.4 Å². The zero-order valence-corrected chi connectivity index (χ0v) is 9.38. The average Bonchev–Trinajstić information content (AvgIpc) is 2.17. The number of hydrogen-bond acceptors (Lipinski definition) is 3. The van der Waals surface area contributed by atoms with Crippen molar-refractivity contribution < 1.29 is 13.5 Å². The minimum Gasteiger partial charge on any atom is -0.381 e. The number of ether oxygens (including phenoxy) is 1. The van der Waals surface area contributed by atoms with Crippen LogP contribution in [0.3, 0.4) is 0 Å². The summed E-state index contributed by atoms with van der Waals surface area (Å²) in [6.45, 7) is 1.93.